The number of amides is 2. The number of carbonyl (C=O) groups excluding carboxylic acids is 3. The number of rotatable bonds is 4. The average Bonchev–Trinajstić information content (AvgIpc) is 2.65. The van der Waals surface area contributed by atoms with Gasteiger partial charge in [0.25, 0.3) is 0 Å². The predicted octanol–water partition coefficient (Wildman–Crippen LogP) is 2.03. The zero-order chi connectivity index (χ0) is 18.0. The molecule has 1 unspecified atom stereocenters. The fraction of sp³-hybridized carbons (Fsp3) is 0.474. The quantitative estimate of drug-likeness (QED) is 0.477. The maximum Gasteiger partial charge on any atom is 0.243 e. The van der Waals surface area contributed by atoms with Crippen LogP contribution in [0.2, 0.25) is 0 Å². The molecule has 3 rings (SSSR count). The van der Waals surface area contributed by atoms with Gasteiger partial charge in [-0.15, -0.1) is 0 Å². The van der Waals surface area contributed by atoms with Gasteiger partial charge in [0.15, 0.2) is 0 Å². The van der Waals surface area contributed by atoms with Gasteiger partial charge in [0.1, 0.15) is 11.1 Å². The van der Waals surface area contributed by atoms with Crippen LogP contribution in [0.25, 0.3) is 0 Å². The summed E-state index contributed by atoms with van der Waals surface area (Å²) in [6, 6.07) is 5.11. The molecular formula is C19H23N3O3. The number of aromatic nitrogens is 1. The first-order chi connectivity index (χ1) is 11.9. The van der Waals surface area contributed by atoms with Crippen LogP contribution in [0.3, 0.4) is 0 Å². The van der Waals surface area contributed by atoms with Crippen molar-refractivity contribution in [2.24, 2.45) is 5.41 Å². The van der Waals surface area contributed by atoms with Gasteiger partial charge in [-0.3, -0.25) is 19.4 Å². The second-order valence-electron chi connectivity index (χ2n) is 6.89. The maximum absolute atomic E-state index is 13.1. The second kappa shape index (κ2) is 6.78. The molecule has 0 radical (unpaired) electrons. The molecule has 1 aliphatic heterocycles. The first-order valence-corrected chi connectivity index (χ1v) is 8.63. The minimum Gasteiger partial charge on any atom is -0.327 e. The highest BCUT2D eigenvalue weighted by Gasteiger charge is 2.51. The Morgan fingerprint density at radius 1 is 1.24 bits per heavy atom. The van der Waals surface area contributed by atoms with Crippen LogP contribution in [0, 0.1) is 5.41 Å². The zero-order valence-electron chi connectivity index (χ0n) is 14.7. The molecule has 0 bridgehead atoms. The molecule has 132 valence electrons. The van der Waals surface area contributed by atoms with Crippen molar-refractivity contribution in [3.05, 3.63) is 41.7 Å². The summed E-state index contributed by atoms with van der Waals surface area (Å²) < 4.78 is 0. The van der Waals surface area contributed by atoms with E-state index in [9.17, 15) is 14.4 Å². The number of pyridine rings is 1. The van der Waals surface area contributed by atoms with E-state index < -0.39 is 5.41 Å². The lowest BCUT2D eigenvalue weighted by atomic mass is 9.74. The van der Waals surface area contributed by atoms with Crippen molar-refractivity contribution in [2.75, 3.05) is 20.3 Å². The van der Waals surface area contributed by atoms with Crippen LogP contribution >= 0.6 is 0 Å². The first kappa shape index (κ1) is 17.3. The number of hydrogen-bond donors (Lipinski definition) is 0. The van der Waals surface area contributed by atoms with Gasteiger partial charge in [-0.2, -0.15) is 0 Å². The summed E-state index contributed by atoms with van der Waals surface area (Å²) in [6.45, 7) is 1.75. The minimum atomic E-state index is -1.20. The smallest absolute Gasteiger partial charge is 0.243 e. The first-order valence-electron chi connectivity index (χ1n) is 8.63. The van der Waals surface area contributed by atoms with Crippen LogP contribution in [-0.4, -0.2) is 52.6 Å². The molecule has 0 saturated carbocycles. The van der Waals surface area contributed by atoms with Gasteiger partial charge in [0, 0.05) is 13.2 Å². The second-order valence-corrected chi connectivity index (χ2v) is 6.89. The highest BCUT2D eigenvalue weighted by molar-refractivity contribution is 6.10. The van der Waals surface area contributed by atoms with Crippen LogP contribution in [0.5, 0.6) is 0 Å². The molecule has 1 atom stereocenters. The van der Waals surface area contributed by atoms with E-state index in [2.05, 4.69) is 4.98 Å². The van der Waals surface area contributed by atoms with Crippen molar-refractivity contribution in [1.82, 2.24) is 14.8 Å². The van der Waals surface area contributed by atoms with Crippen LogP contribution in [-0.2, 0) is 9.59 Å². The molecule has 0 spiro atoms. The van der Waals surface area contributed by atoms with E-state index >= 15 is 0 Å². The van der Waals surface area contributed by atoms with Gasteiger partial charge in [0.2, 0.25) is 17.6 Å². The third kappa shape index (κ3) is 3.08. The third-order valence-electron chi connectivity index (χ3n) is 5.09. The van der Waals surface area contributed by atoms with E-state index in [1.807, 2.05) is 6.08 Å². The molecule has 0 N–H and O–H groups in total. The fourth-order valence-corrected chi connectivity index (χ4v) is 3.64. The molecule has 1 aromatic rings. The number of Topliss-reactive ketones (excluding diaryl/α,β-unsaturated/α-hetero) is 1. The maximum atomic E-state index is 13.1. The monoisotopic (exact) mass is 341 g/mol. The lowest BCUT2D eigenvalue weighted by molar-refractivity contribution is -0.162. The van der Waals surface area contributed by atoms with Crippen LogP contribution in [0.1, 0.15) is 43.1 Å². The SMILES string of the molecule is CN1CN(CC(=O)c2ccccn2)C(=O)C(C)(C2=CCCCC2)C1=O. The summed E-state index contributed by atoms with van der Waals surface area (Å²) in [7, 11) is 1.68. The Morgan fingerprint density at radius 2 is 2.04 bits per heavy atom. The van der Waals surface area contributed by atoms with Gasteiger partial charge in [-0.1, -0.05) is 12.1 Å². The molecule has 1 fully saturated rings. The zero-order valence-corrected chi connectivity index (χ0v) is 14.7. The number of allylic oxidation sites excluding steroid dienone is 1. The largest absolute Gasteiger partial charge is 0.327 e. The summed E-state index contributed by atoms with van der Waals surface area (Å²) in [4.78, 5) is 45.4. The minimum absolute atomic E-state index is 0.0731. The van der Waals surface area contributed by atoms with Crippen molar-refractivity contribution < 1.29 is 14.4 Å². The molecule has 6 nitrogen and oxygen atoms in total. The van der Waals surface area contributed by atoms with E-state index in [1.165, 1.54) is 9.80 Å². The van der Waals surface area contributed by atoms with Gasteiger partial charge in [-0.25, -0.2) is 0 Å². The van der Waals surface area contributed by atoms with E-state index in [-0.39, 0.29) is 30.8 Å². The molecule has 25 heavy (non-hydrogen) atoms. The van der Waals surface area contributed by atoms with Crippen LogP contribution in [0.4, 0.5) is 0 Å². The Balaban J connectivity index is 1.86. The summed E-state index contributed by atoms with van der Waals surface area (Å²) in [5, 5.41) is 0. The summed E-state index contributed by atoms with van der Waals surface area (Å²) in [5.41, 5.74) is 0.0154. The Kier molecular flexibility index (Phi) is 4.70. The van der Waals surface area contributed by atoms with Crippen molar-refractivity contribution in [3.63, 3.8) is 0 Å². The number of ketones is 1. The normalized spacial score (nSPS) is 24.3. The summed E-state index contributed by atoms with van der Waals surface area (Å²) in [5.74, 6) is -0.697. The molecule has 1 aromatic heterocycles. The van der Waals surface area contributed by atoms with Gasteiger partial charge in [0.05, 0.1) is 13.2 Å². The number of carbonyl (C=O) groups is 3. The van der Waals surface area contributed by atoms with Crippen LogP contribution < -0.4 is 0 Å². The van der Waals surface area contributed by atoms with E-state index in [1.54, 1.807) is 38.4 Å². The molecule has 2 aliphatic rings. The Labute approximate surface area is 147 Å². The molecule has 0 aromatic carbocycles. The molecule has 1 saturated heterocycles. The van der Waals surface area contributed by atoms with Gasteiger partial charge < -0.3 is 9.80 Å². The summed E-state index contributed by atoms with van der Waals surface area (Å²) >= 11 is 0. The molecule has 1 aliphatic carbocycles. The van der Waals surface area contributed by atoms with Crippen molar-refractivity contribution in [2.45, 2.75) is 32.6 Å². The number of nitrogens with zero attached hydrogens (tertiary/aromatic N) is 3. The molecular weight excluding hydrogens is 318 g/mol. The van der Waals surface area contributed by atoms with Crippen molar-refractivity contribution >= 4 is 17.6 Å². The van der Waals surface area contributed by atoms with E-state index in [4.69, 9.17) is 0 Å². The molecule has 6 heteroatoms. The van der Waals surface area contributed by atoms with Crippen LogP contribution in [0.15, 0.2) is 36.0 Å². The lowest BCUT2D eigenvalue weighted by Crippen LogP contribution is -2.62. The predicted molar refractivity (Wildman–Crippen MR) is 92.6 cm³/mol. The van der Waals surface area contributed by atoms with E-state index in [0.29, 0.717) is 5.69 Å². The Morgan fingerprint density at radius 3 is 2.68 bits per heavy atom. The third-order valence-corrected chi connectivity index (χ3v) is 5.09. The Hall–Kier alpha value is -2.50. The Bertz CT molecular complexity index is 729. The highest BCUT2D eigenvalue weighted by atomic mass is 16.2. The standard InChI is InChI=1S/C19H23N3O3/c1-19(14-8-4-3-5-9-14)17(24)21(2)13-22(18(19)25)12-16(23)15-10-6-7-11-20-15/h6-8,10-11H,3-5,9,12-13H2,1-2H3. The van der Waals surface area contributed by atoms with Gasteiger partial charge in [-0.05, 0) is 50.3 Å². The molecule has 2 heterocycles. The fourth-order valence-electron chi connectivity index (χ4n) is 3.64. The van der Waals surface area contributed by atoms with Gasteiger partial charge >= 0.3 is 0 Å². The average molecular weight is 341 g/mol. The lowest BCUT2D eigenvalue weighted by Gasteiger charge is -2.44. The highest BCUT2D eigenvalue weighted by Crippen LogP contribution is 2.39. The summed E-state index contributed by atoms with van der Waals surface area (Å²) in [6.07, 6.45) is 7.29. The van der Waals surface area contributed by atoms with E-state index in [0.717, 1.165) is 31.3 Å². The van der Waals surface area contributed by atoms with Crippen molar-refractivity contribution in [3.8, 4) is 0 Å². The molecule has 2 amide bonds. The van der Waals surface area contributed by atoms with Crippen molar-refractivity contribution in [1.29, 1.82) is 0 Å². The topological polar surface area (TPSA) is 70.6 Å². The number of hydrogen-bond acceptors (Lipinski definition) is 4.